The van der Waals surface area contributed by atoms with Gasteiger partial charge in [-0.25, -0.2) is 8.42 Å². The smallest absolute Gasteiger partial charge is 0.264 e. The number of hydrogen-bond donors (Lipinski definition) is 1. The maximum absolute atomic E-state index is 14.5. The highest BCUT2D eigenvalue weighted by Gasteiger charge is 2.35. The SMILES string of the molecule is CCCNC(=O)[C@H](Cc1ccccc1)N(Cc1ccccc1)C(=O)CN(c1cccc(C)c1C)S(=O)(=O)c1ccccc1. The van der Waals surface area contributed by atoms with E-state index < -0.39 is 28.5 Å². The molecule has 0 aromatic heterocycles. The van der Waals surface area contributed by atoms with Crippen molar-refractivity contribution in [1.29, 1.82) is 0 Å². The Bertz CT molecular complexity index is 1610. The molecule has 0 aliphatic carbocycles. The van der Waals surface area contributed by atoms with Gasteiger partial charge < -0.3 is 10.2 Å². The first-order valence-electron chi connectivity index (χ1n) is 14.5. The maximum Gasteiger partial charge on any atom is 0.264 e. The summed E-state index contributed by atoms with van der Waals surface area (Å²) in [6.07, 6.45) is 1.02. The highest BCUT2D eigenvalue weighted by molar-refractivity contribution is 7.92. The van der Waals surface area contributed by atoms with E-state index in [-0.39, 0.29) is 23.8 Å². The molecule has 0 aliphatic heterocycles. The number of nitrogens with zero attached hydrogens (tertiary/aromatic N) is 2. The summed E-state index contributed by atoms with van der Waals surface area (Å²) in [5.74, 6) is -0.754. The van der Waals surface area contributed by atoms with Crippen LogP contribution in [0.2, 0.25) is 0 Å². The molecule has 0 aliphatic rings. The normalized spacial score (nSPS) is 11.9. The third kappa shape index (κ3) is 7.90. The molecule has 0 spiro atoms. The molecule has 1 atom stereocenters. The average molecular weight is 598 g/mol. The van der Waals surface area contributed by atoms with Crippen LogP contribution in [0.3, 0.4) is 0 Å². The molecule has 4 rings (SSSR count). The van der Waals surface area contributed by atoms with E-state index in [1.165, 1.54) is 21.3 Å². The molecule has 7 nitrogen and oxygen atoms in total. The molecular formula is C35H39N3O4S. The molecule has 0 bridgehead atoms. The molecular weight excluding hydrogens is 558 g/mol. The van der Waals surface area contributed by atoms with Gasteiger partial charge in [0.05, 0.1) is 10.6 Å². The lowest BCUT2D eigenvalue weighted by atomic mass is 10.0. The predicted octanol–water partition coefficient (Wildman–Crippen LogP) is 5.67. The Labute approximate surface area is 255 Å². The van der Waals surface area contributed by atoms with Crippen LogP contribution in [-0.4, -0.2) is 44.3 Å². The van der Waals surface area contributed by atoms with Crippen LogP contribution in [0, 0.1) is 13.8 Å². The summed E-state index contributed by atoms with van der Waals surface area (Å²) in [6, 6.07) is 31.6. The number of carbonyl (C=O) groups is 2. The Morgan fingerprint density at radius 1 is 0.767 bits per heavy atom. The molecule has 43 heavy (non-hydrogen) atoms. The van der Waals surface area contributed by atoms with Crippen molar-refractivity contribution in [3.63, 3.8) is 0 Å². The Hall–Kier alpha value is -4.43. The Balaban J connectivity index is 1.80. The van der Waals surface area contributed by atoms with Crippen LogP contribution in [0.25, 0.3) is 0 Å². The van der Waals surface area contributed by atoms with Gasteiger partial charge in [0.1, 0.15) is 12.6 Å². The number of sulfonamides is 1. The largest absolute Gasteiger partial charge is 0.354 e. The molecule has 0 saturated carbocycles. The number of amides is 2. The number of nitrogens with one attached hydrogen (secondary N) is 1. The van der Waals surface area contributed by atoms with E-state index >= 15 is 0 Å². The zero-order valence-corrected chi connectivity index (χ0v) is 25.8. The summed E-state index contributed by atoms with van der Waals surface area (Å²) in [6.45, 7) is 5.86. The van der Waals surface area contributed by atoms with E-state index in [1.807, 2.05) is 87.5 Å². The number of benzene rings is 4. The average Bonchev–Trinajstić information content (AvgIpc) is 3.03. The van der Waals surface area contributed by atoms with Gasteiger partial charge in [0.25, 0.3) is 10.0 Å². The van der Waals surface area contributed by atoms with Crippen LogP contribution in [0.4, 0.5) is 5.69 Å². The van der Waals surface area contributed by atoms with Crippen molar-refractivity contribution in [2.24, 2.45) is 0 Å². The first-order valence-corrected chi connectivity index (χ1v) is 16.0. The van der Waals surface area contributed by atoms with Gasteiger partial charge >= 0.3 is 0 Å². The second kappa shape index (κ2) is 14.6. The highest BCUT2D eigenvalue weighted by Crippen LogP contribution is 2.29. The molecule has 1 N–H and O–H groups in total. The molecule has 2 amide bonds. The second-order valence-corrected chi connectivity index (χ2v) is 12.4. The molecule has 0 saturated heterocycles. The van der Waals surface area contributed by atoms with Gasteiger partial charge in [-0.2, -0.15) is 0 Å². The Kier molecular flexibility index (Phi) is 10.7. The van der Waals surface area contributed by atoms with E-state index in [9.17, 15) is 18.0 Å². The van der Waals surface area contributed by atoms with Gasteiger partial charge in [0.15, 0.2) is 0 Å². The maximum atomic E-state index is 14.5. The topological polar surface area (TPSA) is 86.8 Å². The molecule has 0 heterocycles. The van der Waals surface area contributed by atoms with Gasteiger partial charge in [0.2, 0.25) is 11.8 Å². The van der Waals surface area contributed by atoms with Crippen molar-refractivity contribution < 1.29 is 18.0 Å². The van der Waals surface area contributed by atoms with Crippen LogP contribution in [0.5, 0.6) is 0 Å². The third-order valence-corrected chi connectivity index (χ3v) is 9.24. The monoisotopic (exact) mass is 597 g/mol. The summed E-state index contributed by atoms with van der Waals surface area (Å²) < 4.78 is 29.4. The van der Waals surface area contributed by atoms with Crippen molar-refractivity contribution >= 4 is 27.5 Å². The fourth-order valence-electron chi connectivity index (χ4n) is 4.94. The quantitative estimate of drug-likeness (QED) is 0.215. The highest BCUT2D eigenvalue weighted by atomic mass is 32.2. The third-order valence-electron chi connectivity index (χ3n) is 7.47. The van der Waals surface area contributed by atoms with Crippen molar-refractivity contribution in [1.82, 2.24) is 10.2 Å². The second-order valence-electron chi connectivity index (χ2n) is 10.5. The zero-order chi connectivity index (χ0) is 30.8. The molecule has 8 heteroatoms. The summed E-state index contributed by atoms with van der Waals surface area (Å²) in [7, 11) is -4.13. The van der Waals surface area contributed by atoms with Crippen molar-refractivity contribution in [3.05, 3.63) is 131 Å². The van der Waals surface area contributed by atoms with Crippen LogP contribution in [0.1, 0.15) is 35.6 Å². The molecule has 4 aromatic rings. The number of rotatable bonds is 13. The predicted molar refractivity (Wildman–Crippen MR) is 171 cm³/mol. The van der Waals surface area contributed by atoms with Crippen LogP contribution in [0.15, 0.2) is 114 Å². The molecule has 0 radical (unpaired) electrons. The Morgan fingerprint density at radius 3 is 1.95 bits per heavy atom. The lowest BCUT2D eigenvalue weighted by Crippen LogP contribution is -2.53. The lowest BCUT2D eigenvalue weighted by molar-refractivity contribution is -0.140. The van der Waals surface area contributed by atoms with E-state index in [2.05, 4.69) is 5.32 Å². The fourth-order valence-corrected chi connectivity index (χ4v) is 6.43. The van der Waals surface area contributed by atoms with Crippen molar-refractivity contribution in [2.75, 3.05) is 17.4 Å². The minimum Gasteiger partial charge on any atom is -0.354 e. The Morgan fingerprint density at radius 2 is 1.35 bits per heavy atom. The van der Waals surface area contributed by atoms with E-state index in [1.54, 1.807) is 30.3 Å². The van der Waals surface area contributed by atoms with Gasteiger partial charge in [-0.15, -0.1) is 0 Å². The van der Waals surface area contributed by atoms with E-state index in [0.717, 1.165) is 28.7 Å². The number of aryl methyl sites for hydroxylation is 1. The summed E-state index contributed by atoms with van der Waals surface area (Å²) in [5, 5.41) is 2.97. The van der Waals surface area contributed by atoms with Crippen molar-refractivity contribution in [2.45, 2.75) is 51.1 Å². The number of carbonyl (C=O) groups excluding carboxylic acids is 2. The molecule has 0 fully saturated rings. The van der Waals surface area contributed by atoms with Gasteiger partial charge in [-0.3, -0.25) is 13.9 Å². The number of hydrogen-bond acceptors (Lipinski definition) is 4. The first kappa shape index (κ1) is 31.5. The van der Waals surface area contributed by atoms with Gasteiger partial charge in [-0.05, 0) is 60.7 Å². The molecule has 224 valence electrons. The van der Waals surface area contributed by atoms with E-state index in [4.69, 9.17) is 0 Å². The summed E-state index contributed by atoms with van der Waals surface area (Å²) in [5.41, 5.74) is 3.81. The zero-order valence-electron chi connectivity index (χ0n) is 24.9. The summed E-state index contributed by atoms with van der Waals surface area (Å²) >= 11 is 0. The number of anilines is 1. The standard InChI is InChI=1S/C35H39N3O4S/c1-4-23-36-35(40)33(24-29-16-8-5-9-17-29)37(25-30-18-10-6-11-19-30)34(39)26-38(32-22-14-15-27(2)28(32)3)43(41,42)31-20-12-7-13-21-31/h5-22,33H,4,23-26H2,1-3H3,(H,36,40)/t33-/m0/s1. The minimum absolute atomic E-state index is 0.0832. The van der Waals surface area contributed by atoms with Crippen LogP contribution < -0.4 is 9.62 Å². The van der Waals surface area contributed by atoms with Gasteiger partial charge in [-0.1, -0.05) is 97.9 Å². The van der Waals surface area contributed by atoms with Crippen LogP contribution in [-0.2, 0) is 32.6 Å². The summed E-state index contributed by atoms with van der Waals surface area (Å²) in [4.78, 5) is 29.7. The fraction of sp³-hybridized carbons (Fsp3) is 0.257. The van der Waals surface area contributed by atoms with Crippen molar-refractivity contribution in [3.8, 4) is 0 Å². The molecule has 0 unspecified atom stereocenters. The van der Waals surface area contributed by atoms with E-state index in [0.29, 0.717) is 12.2 Å². The first-order chi connectivity index (χ1) is 20.7. The van der Waals surface area contributed by atoms with Gasteiger partial charge in [0, 0.05) is 19.5 Å². The van der Waals surface area contributed by atoms with Crippen LogP contribution >= 0.6 is 0 Å². The molecule has 4 aromatic carbocycles. The minimum atomic E-state index is -4.13. The lowest BCUT2D eigenvalue weighted by Gasteiger charge is -2.34.